The summed E-state index contributed by atoms with van der Waals surface area (Å²) in [5.41, 5.74) is 0.969. The van der Waals surface area contributed by atoms with Gasteiger partial charge >= 0.3 is 0 Å². The number of nitrogens with one attached hydrogen (secondary N) is 1. The topological polar surface area (TPSA) is 38.1 Å². The van der Waals surface area contributed by atoms with E-state index in [0.29, 0.717) is 5.92 Å². The molecule has 0 bridgehead atoms. The molecule has 0 aliphatic carbocycles. The van der Waals surface area contributed by atoms with Gasteiger partial charge in [0.2, 0.25) is 0 Å². The fourth-order valence-corrected chi connectivity index (χ4v) is 0.850. The minimum atomic E-state index is 0.376. The van der Waals surface area contributed by atoms with Crippen molar-refractivity contribution in [2.75, 3.05) is 7.05 Å². The van der Waals surface area contributed by atoms with Gasteiger partial charge in [0.1, 0.15) is 6.26 Å². The Hall–Kier alpha value is -0.830. The van der Waals surface area contributed by atoms with Gasteiger partial charge in [-0.2, -0.15) is 0 Å². The zero-order chi connectivity index (χ0) is 8.27. The maximum atomic E-state index is 5.23. The summed E-state index contributed by atoms with van der Waals surface area (Å²) < 4.78 is 5.23. The lowest BCUT2D eigenvalue weighted by molar-refractivity contribution is 0.470. The van der Waals surface area contributed by atoms with Crippen molar-refractivity contribution in [1.29, 1.82) is 0 Å². The molecule has 0 radical (unpaired) electrons. The predicted molar refractivity (Wildman–Crippen MR) is 43.4 cm³/mol. The van der Waals surface area contributed by atoms with E-state index in [2.05, 4.69) is 24.1 Å². The molecule has 1 aromatic heterocycles. The zero-order valence-electron chi connectivity index (χ0n) is 7.22. The molecule has 1 N–H and O–H groups in total. The van der Waals surface area contributed by atoms with E-state index in [0.717, 1.165) is 18.1 Å². The SMILES string of the molecule is CNCc1coc(C(C)C)n1. The van der Waals surface area contributed by atoms with Gasteiger partial charge in [0.25, 0.3) is 0 Å². The third kappa shape index (κ3) is 2.05. The smallest absolute Gasteiger partial charge is 0.196 e. The van der Waals surface area contributed by atoms with Crippen LogP contribution in [0.3, 0.4) is 0 Å². The molecule has 62 valence electrons. The second-order valence-electron chi connectivity index (χ2n) is 2.86. The fourth-order valence-electron chi connectivity index (χ4n) is 0.850. The van der Waals surface area contributed by atoms with Gasteiger partial charge < -0.3 is 9.73 Å². The van der Waals surface area contributed by atoms with E-state index in [9.17, 15) is 0 Å². The highest BCUT2D eigenvalue weighted by atomic mass is 16.3. The summed E-state index contributed by atoms with van der Waals surface area (Å²) in [4.78, 5) is 4.27. The van der Waals surface area contributed by atoms with Gasteiger partial charge in [0.05, 0.1) is 5.69 Å². The Kier molecular flexibility index (Phi) is 2.65. The molecule has 3 nitrogen and oxygen atoms in total. The van der Waals surface area contributed by atoms with Crippen molar-refractivity contribution in [1.82, 2.24) is 10.3 Å². The number of aromatic nitrogens is 1. The van der Waals surface area contributed by atoms with Gasteiger partial charge in [0, 0.05) is 12.5 Å². The van der Waals surface area contributed by atoms with Crippen LogP contribution >= 0.6 is 0 Å². The van der Waals surface area contributed by atoms with Crippen molar-refractivity contribution in [3.05, 3.63) is 17.8 Å². The molecule has 1 heterocycles. The average Bonchev–Trinajstić information content (AvgIpc) is 2.37. The van der Waals surface area contributed by atoms with Gasteiger partial charge in [-0.25, -0.2) is 4.98 Å². The third-order valence-corrected chi connectivity index (χ3v) is 1.42. The maximum absolute atomic E-state index is 5.23. The van der Waals surface area contributed by atoms with Gasteiger partial charge in [-0.3, -0.25) is 0 Å². The molecular weight excluding hydrogens is 140 g/mol. The predicted octanol–water partition coefficient (Wildman–Crippen LogP) is 1.52. The third-order valence-electron chi connectivity index (χ3n) is 1.42. The van der Waals surface area contributed by atoms with Gasteiger partial charge in [-0.05, 0) is 7.05 Å². The maximum Gasteiger partial charge on any atom is 0.196 e. The number of nitrogens with zero attached hydrogens (tertiary/aromatic N) is 1. The van der Waals surface area contributed by atoms with E-state index in [-0.39, 0.29) is 0 Å². The van der Waals surface area contributed by atoms with Crippen LogP contribution in [-0.4, -0.2) is 12.0 Å². The summed E-state index contributed by atoms with van der Waals surface area (Å²) in [6, 6.07) is 0. The van der Waals surface area contributed by atoms with Crippen molar-refractivity contribution in [2.45, 2.75) is 26.3 Å². The molecule has 0 fully saturated rings. The first-order chi connectivity index (χ1) is 5.24. The summed E-state index contributed by atoms with van der Waals surface area (Å²) in [7, 11) is 1.89. The van der Waals surface area contributed by atoms with Crippen LogP contribution in [0.5, 0.6) is 0 Å². The molecule has 1 rings (SSSR count). The molecule has 0 aromatic carbocycles. The second kappa shape index (κ2) is 3.53. The Labute approximate surface area is 66.8 Å². The average molecular weight is 154 g/mol. The highest BCUT2D eigenvalue weighted by Crippen LogP contribution is 2.12. The molecule has 0 aliphatic heterocycles. The Morgan fingerprint density at radius 2 is 2.36 bits per heavy atom. The first-order valence-corrected chi connectivity index (χ1v) is 3.83. The molecule has 0 saturated carbocycles. The standard InChI is InChI=1S/C8H14N2O/c1-6(2)8-10-7(4-9-3)5-11-8/h5-6,9H,4H2,1-3H3. The molecular formula is C8H14N2O. The first-order valence-electron chi connectivity index (χ1n) is 3.83. The summed E-state index contributed by atoms with van der Waals surface area (Å²) in [5, 5.41) is 3.01. The van der Waals surface area contributed by atoms with Crippen LogP contribution in [0.15, 0.2) is 10.7 Å². The van der Waals surface area contributed by atoms with Crippen LogP contribution < -0.4 is 5.32 Å². The number of oxazole rings is 1. The van der Waals surface area contributed by atoms with Crippen molar-refractivity contribution in [3.8, 4) is 0 Å². The molecule has 0 atom stereocenters. The quantitative estimate of drug-likeness (QED) is 0.717. The molecule has 11 heavy (non-hydrogen) atoms. The van der Waals surface area contributed by atoms with Crippen LogP contribution in [0.4, 0.5) is 0 Å². The highest BCUT2D eigenvalue weighted by molar-refractivity contribution is 4.98. The molecule has 0 amide bonds. The van der Waals surface area contributed by atoms with Gasteiger partial charge in [-0.15, -0.1) is 0 Å². The minimum Gasteiger partial charge on any atom is -0.448 e. The van der Waals surface area contributed by atoms with Crippen molar-refractivity contribution < 1.29 is 4.42 Å². The van der Waals surface area contributed by atoms with E-state index in [4.69, 9.17) is 4.42 Å². The Bertz CT molecular complexity index is 218. The molecule has 3 heteroatoms. The number of hydrogen-bond donors (Lipinski definition) is 1. The summed E-state index contributed by atoms with van der Waals surface area (Å²) in [5.74, 6) is 1.19. The largest absolute Gasteiger partial charge is 0.448 e. The van der Waals surface area contributed by atoms with Crippen molar-refractivity contribution in [3.63, 3.8) is 0 Å². The monoisotopic (exact) mass is 154 g/mol. The molecule has 0 aliphatic rings. The lowest BCUT2D eigenvalue weighted by Crippen LogP contribution is -2.05. The van der Waals surface area contributed by atoms with Gasteiger partial charge in [-0.1, -0.05) is 13.8 Å². The molecule has 0 saturated heterocycles. The van der Waals surface area contributed by atoms with Crippen LogP contribution in [0.1, 0.15) is 31.4 Å². The molecule has 0 unspecified atom stereocenters. The van der Waals surface area contributed by atoms with E-state index >= 15 is 0 Å². The van der Waals surface area contributed by atoms with Crippen LogP contribution in [0, 0.1) is 0 Å². The summed E-state index contributed by atoms with van der Waals surface area (Å²) in [6.45, 7) is 4.90. The van der Waals surface area contributed by atoms with E-state index in [1.807, 2.05) is 7.05 Å². The van der Waals surface area contributed by atoms with Gasteiger partial charge in [0.15, 0.2) is 5.89 Å². The molecule has 0 spiro atoms. The number of rotatable bonds is 3. The van der Waals surface area contributed by atoms with Crippen molar-refractivity contribution >= 4 is 0 Å². The Morgan fingerprint density at radius 1 is 1.64 bits per heavy atom. The Balaban J connectivity index is 2.66. The first kappa shape index (κ1) is 8.27. The Morgan fingerprint density at radius 3 is 2.82 bits per heavy atom. The molecule has 1 aromatic rings. The lowest BCUT2D eigenvalue weighted by Gasteiger charge is -1.94. The lowest BCUT2D eigenvalue weighted by atomic mass is 10.2. The van der Waals surface area contributed by atoms with Crippen LogP contribution in [-0.2, 0) is 6.54 Å². The number of hydrogen-bond acceptors (Lipinski definition) is 3. The normalized spacial score (nSPS) is 10.9. The summed E-state index contributed by atoms with van der Waals surface area (Å²) >= 11 is 0. The van der Waals surface area contributed by atoms with Crippen LogP contribution in [0.2, 0.25) is 0 Å². The summed E-state index contributed by atoms with van der Waals surface area (Å²) in [6.07, 6.45) is 1.70. The van der Waals surface area contributed by atoms with E-state index in [1.165, 1.54) is 0 Å². The van der Waals surface area contributed by atoms with Crippen LogP contribution in [0.25, 0.3) is 0 Å². The fraction of sp³-hybridized carbons (Fsp3) is 0.625. The minimum absolute atomic E-state index is 0.376. The highest BCUT2D eigenvalue weighted by Gasteiger charge is 2.05. The van der Waals surface area contributed by atoms with E-state index in [1.54, 1.807) is 6.26 Å². The second-order valence-corrected chi connectivity index (χ2v) is 2.86. The zero-order valence-corrected chi connectivity index (χ0v) is 7.22. The van der Waals surface area contributed by atoms with E-state index < -0.39 is 0 Å². The van der Waals surface area contributed by atoms with Crippen molar-refractivity contribution in [2.24, 2.45) is 0 Å².